The number of nitrogens with two attached hydrogens (primary N) is 1. The fraction of sp³-hybridized carbons (Fsp3) is 0.500. The van der Waals surface area contributed by atoms with Crippen LogP contribution < -0.4 is 19.9 Å². The van der Waals surface area contributed by atoms with E-state index in [0.717, 1.165) is 6.42 Å². The summed E-state index contributed by atoms with van der Waals surface area (Å²) in [6.07, 6.45) is 1.21. The number of fused-ring (bicyclic) bond motifs is 1. The summed E-state index contributed by atoms with van der Waals surface area (Å²) in [5.74, 6) is 1.05. The molecule has 2 rings (SSSR count). The smallest absolute Gasteiger partial charge is 0.387 e. The van der Waals surface area contributed by atoms with Crippen molar-refractivity contribution in [2.45, 2.75) is 32.4 Å². The van der Waals surface area contributed by atoms with Crippen molar-refractivity contribution in [3.63, 3.8) is 0 Å². The van der Waals surface area contributed by atoms with E-state index in [0.29, 0.717) is 23.5 Å². The molecule has 1 aromatic carbocycles. The van der Waals surface area contributed by atoms with Crippen molar-refractivity contribution >= 4 is 0 Å². The number of benzene rings is 1. The standard InChI is InChI=1S/C12H15F2NO3/c1-2-8(15)3-7-4-10-11(17-6-16-10)5-9(7)18-12(13)14/h4-5,8,12H,2-3,6,15H2,1H3. The number of hydrogen-bond donors (Lipinski definition) is 1. The highest BCUT2D eigenvalue weighted by Crippen LogP contribution is 2.39. The van der Waals surface area contributed by atoms with Crippen molar-refractivity contribution < 1.29 is 23.0 Å². The summed E-state index contributed by atoms with van der Waals surface area (Å²) in [6.45, 7) is -0.847. The Balaban J connectivity index is 2.29. The van der Waals surface area contributed by atoms with Crippen LogP contribution in [0, 0.1) is 0 Å². The zero-order valence-electron chi connectivity index (χ0n) is 9.99. The first-order valence-corrected chi connectivity index (χ1v) is 5.73. The molecule has 0 amide bonds. The molecular weight excluding hydrogens is 244 g/mol. The lowest BCUT2D eigenvalue weighted by molar-refractivity contribution is -0.0505. The Morgan fingerprint density at radius 2 is 2.00 bits per heavy atom. The van der Waals surface area contributed by atoms with E-state index in [4.69, 9.17) is 15.2 Å². The Labute approximate surface area is 104 Å². The minimum atomic E-state index is -2.87. The van der Waals surface area contributed by atoms with Crippen LogP contribution in [0.15, 0.2) is 12.1 Å². The van der Waals surface area contributed by atoms with E-state index in [-0.39, 0.29) is 18.6 Å². The average Bonchev–Trinajstić information content (AvgIpc) is 2.75. The number of alkyl halides is 2. The summed E-state index contributed by atoms with van der Waals surface area (Å²) >= 11 is 0. The summed E-state index contributed by atoms with van der Waals surface area (Å²) in [5, 5.41) is 0. The predicted octanol–water partition coefficient (Wildman–Crippen LogP) is 2.30. The highest BCUT2D eigenvalue weighted by molar-refractivity contribution is 5.52. The van der Waals surface area contributed by atoms with Gasteiger partial charge in [0, 0.05) is 12.1 Å². The van der Waals surface area contributed by atoms with Crippen LogP contribution in [0.3, 0.4) is 0 Å². The maximum absolute atomic E-state index is 12.3. The van der Waals surface area contributed by atoms with Gasteiger partial charge >= 0.3 is 6.61 Å². The highest BCUT2D eigenvalue weighted by Gasteiger charge is 2.20. The average molecular weight is 259 g/mol. The van der Waals surface area contributed by atoms with Crippen LogP contribution in [0.25, 0.3) is 0 Å². The number of hydrogen-bond acceptors (Lipinski definition) is 4. The van der Waals surface area contributed by atoms with Gasteiger partial charge in [-0.15, -0.1) is 0 Å². The van der Waals surface area contributed by atoms with Crippen molar-refractivity contribution in [1.29, 1.82) is 0 Å². The maximum atomic E-state index is 12.3. The Morgan fingerprint density at radius 3 is 2.61 bits per heavy atom. The lowest BCUT2D eigenvalue weighted by Gasteiger charge is -2.14. The van der Waals surface area contributed by atoms with Gasteiger partial charge in [-0.05, 0) is 24.5 Å². The Bertz CT molecular complexity index is 426. The molecule has 1 aliphatic heterocycles. The summed E-state index contributed by atoms with van der Waals surface area (Å²) in [6, 6.07) is 2.97. The lowest BCUT2D eigenvalue weighted by Crippen LogP contribution is -2.22. The van der Waals surface area contributed by atoms with Crippen LogP contribution in [0.5, 0.6) is 17.2 Å². The van der Waals surface area contributed by atoms with Crippen LogP contribution in [0.2, 0.25) is 0 Å². The van der Waals surface area contributed by atoms with E-state index in [1.165, 1.54) is 6.07 Å². The second-order valence-corrected chi connectivity index (χ2v) is 4.06. The van der Waals surface area contributed by atoms with Gasteiger partial charge in [0.1, 0.15) is 5.75 Å². The zero-order chi connectivity index (χ0) is 13.1. The van der Waals surface area contributed by atoms with Crippen LogP contribution >= 0.6 is 0 Å². The van der Waals surface area contributed by atoms with Gasteiger partial charge in [0.25, 0.3) is 0 Å². The zero-order valence-corrected chi connectivity index (χ0v) is 9.99. The van der Waals surface area contributed by atoms with E-state index < -0.39 is 6.61 Å². The second kappa shape index (κ2) is 5.39. The lowest BCUT2D eigenvalue weighted by atomic mass is 10.0. The minimum Gasteiger partial charge on any atom is -0.454 e. The fourth-order valence-electron chi connectivity index (χ4n) is 1.76. The monoisotopic (exact) mass is 259 g/mol. The van der Waals surface area contributed by atoms with Crippen LogP contribution in [-0.4, -0.2) is 19.4 Å². The molecule has 0 bridgehead atoms. The molecule has 0 aliphatic carbocycles. The second-order valence-electron chi connectivity index (χ2n) is 4.06. The molecule has 2 N–H and O–H groups in total. The van der Waals surface area contributed by atoms with E-state index in [9.17, 15) is 8.78 Å². The number of ether oxygens (including phenoxy) is 3. The SMILES string of the molecule is CCC(N)Cc1cc2c(cc1OC(F)F)OCO2. The molecule has 0 saturated carbocycles. The van der Waals surface area contributed by atoms with Gasteiger partial charge in [0.15, 0.2) is 11.5 Å². The molecule has 100 valence electrons. The van der Waals surface area contributed by atoms with Gasteiger partial charge in [-0.3, -0.25) is 0 Å². The van der Waals surface area contributed by atoms with Gasteiger partial charge < -0.3 is 19.9 Å². The molecule has 0 fully saturated rings. The quantitative estimate of drug-likeness (QED) is 0.881. The van der Waals surface area contributed by atoms with Crippen molar-refractivity contribution in [1.82, 2.24) is 0 Å². The first-order chi connectivity index (χ1) is 8.60. The minimum absolute atomic E-state index is 0.0900. The molecule has 0 aromatic heterocycles. The first-order valence-electron chi connectivity index (χ1n) is 5.73. The van der Waals surface area contributed by atoms with Gasteiger partial charge in [-0.25, -0.2) is 0 Å². The largest absolute Gasteiger partial charge is 0.454 e. The van der Waals surface area contributed by atoms with E-state index >= 15 is 0 Å². The molecule has 1 heterocycles. The maximum Gasteiger partial charge on any atom is 0.387 e. The summed E-state index contributed by atoms with van der Waals surface area (Å²) in [5.41, 5.74) is 6.44. The molecule has 1 aliphatic rings. The highest BCUT2D eigenvalue weighted by atomic mass is 19.3. The van der Waals surface area contributed by atoms with Gasteiger partial charge in [-0.1, -0.05) is 6.92 Å². The van der Waals surface area contributed by atoms with Crippen molar-refractivity contribution in [2.75, 3.05) is 6.79 Å². The topological polar surface area (TPSA) is 53.7 Å². The Morgan fingerprint density at radius 1 is 1.33 bits per heavy atom. The van der Waals surface area contributed by atoms with Gasteiger partial charge in [0.2, 0.25) is 6.79 Å². The van der Waals surface area contributed by atoms with Crippen molar-refractivity contribution in [3.05, 3.63) is 17.7 Å². The third-order valence-corrected chi connectivity index (χ3v) is 2.78. The van der Waals surface area contributed by atoms with Crippen molar-refractivity contribution in [2.24, 2.45) is 5.73 Å². The summed E-state index contributed by atoms with van der Waals surface area (Å²) in [7, 11) is 0. The Hall–Kier alpha value is -1.56. The normalized spacial score (nSPS) is 14.9. The summed E-state index contributed by atoms with van der Waals surface area (Å²) in [4.78, 5) is 0. The van der Waals surface area contributed by atoms with Crippen LogP contribution in [0.1, 0.15) is 18.9 Å². The van der Waals surface area contributed by atoms with E-state index in [1.807, 2.05) is 6.92 Å². The van der Waals surface area contributed by atoms with Gasteiger partial charge in [-0.2, -0.15) is 8.78 Å². The van der Waals surface area contributed by atoms with E-state index in [2.05, 4.69) is 4.74 Å². The predicted molar refractivity (Wildman–Crippen MR) is 61.2 cm³/mol. The fourth-order valence-corrected chi connectivity index (χ4v) is 1.76. The molecule has 6 heteroatoms. The molecule has 0 spiro atoms. The molecule has 1 unspecified atom stereocenters. The van der Waals surface area contributed by atoms with E-state index in [1.54, 1.807) is 6.07 Å². The van der Waals surface area contributed by atoms with Crippen LogP contribution in [-0.2, 0) is 6.42 Å². The molecule has 1 atom stereocenters. The molecular formula is C12H15F2NO3. The molecule has 18 heavy (non-hydrogen) atoms. The molecule has 4 nitrogen and oxygen atoms in total. The number of rotatable bonds is 5. The number of halogens is 2. The first kappa shape index (κ1) is 12.9. The van der Waals surface area contributed by atoms with Crippen LogP contribution in [0.4, 0.5) is 8.78 Å². The van der Waals surface area contributed by atoms with Crippen molar-refractivity contribution in [3.8, 4) is 17.2 Å². The summed E-state index contributed by atoms with van der Waals surface area (Å²) < 4.78 is 39.5. The van der Waals surface area contributed by atoms with Gasteiger partial charge in [0.05, 0.1) is 0 Å². The molecule has 0 saturated heterocycles. The molecule has 0 radical (unpaired) electrons. The Kier molecular flexibility index (Phi) is 3.86. The third-order valence-electron chi connectivity index (χ3n) is 2.78. The third kappa shape index (κ3) is 2.81. The molecule has 1 aromatic rings.